The van der Waals surface area contributed by atoms with Crippen molar-refractivity contribution in [2.75, 3.05) is 24.9 Å². The highest BCUT2D eigenvalue weighted by molar-refractivity contribution is 6.00. The Morgan fingerprint density at radius 2 is 1.27 bits per heavy atom. The first-order chi connectivity index (χ1) is 12.6. The molecule has 2 aromatic rings. The SMILES string of the molecule is COc1ccc(NC(=O)Nc2ccc(OC)c(N=C=O)c2)cc1N=C=O. The number of anilines is 2. The van der Waals surface area contributed by atoms with Gasteiger partial charge in [0, 0.05) is 11.4 Å². The first kappa shape index (κ1) is 18.4. The molecular weight excluding hydrogens is 340 g/mol. The van der Waals surface area contributed by atoms with Crippen LogP contribution in [0.5, 0.6) is 11.5 Å². The quantitative estimate of drug-likeness (QED) is 0.609. The van der Waals surface area contributed by atoms with Gasteiger partial charge in [-0.3, -0.25) is 0 Å². The van der Waals surface area contributed by atoms with Crippen LogP contribution in [0.1, 0.15) is 0 Å². The van der Waals surface area contributed by atoms with Gasteiger partial charge in [-0.25, -0.2) is 14.4 Å². The van der Waals surface area contributed by atoms with Crippen molar-refractivity contribution in [2.24, 2.45) is 9.98 Å². The van der Waals surface area contributed by atoms with Gasteiger partial charge in [0.2, 0.25) is 12.2 Å². The molecule has 26 heavy (non-hydrogen) atoms. The molecule has 132 valence electrons. The fourth-order valence-corrected chi connectivity index (χ4v) is 2.10. The maximum absolute atomic E-state index is 12.1. The van der Waals surface area contributed by atoms with Gasteiger partial charge in [0.15, 0.2) is 0 Å². The van der Waals surface area contributed by atoms with E-state index in [2.05, 4.69) is 20.6 Å². The summed E-state index contributed by atoms with van der Waals surface area (Å²) in [4.78, 5) is 40.1. The highest BCUT2D eigenvalue weighted by Crippen LogP contribution is 2.31. The van der Waals surface area contributed by atoms with Crippen LogP contribution in [-0.4, -0.2) is 32.4 Å². The Morgan fingerprint density at radius 3 is 1.62 bits per heavy atom. The minimum absolute atomic E-state index is 0.229. The number of rotatable bonds is 6. The predicted octanol–water partition coefficient (Wildman–Crippen LogP) is 3.28. The van der Waals surface area contributed by atoms with Crippen LogP contribution in [0.15, 0.2) is 46.4 Å². The molecule has 9 heteroatoms. The Bertz CT molecular complexity index is 842. The number of carbonyl (C=O) groups excluding carboxylic acids is 3. The summed E-state index contributed by atoms with van der Waals surface area (Å²) in [7, 11) is 2.87. The first-order valence-corrected chi connectivity index (χ1v) is 7.21. The van der Waals surface area contributed by atoms with Gasteiger partial charge in [-0.15, -0.1) is 0 Å². The average Bonchev–Trinajstić information content (AvgIpc) is 2.63. The van der Waals surface area contributed by atoms with Crippen molar-refractivity contribution < 1.29 is 23.9 Å². The fraction of sp³-hybridized carbons (Fsp3) is 0.118. The molecule has 0 spiro atoms. The molecule has 0 heterocycles. The van der Waals surface area contributed by atoms with E-state index in [1.54, 1.807) is 24.3 Å². The molecular formula is C17H14N4O5. The summed E-state index contributed by atoms with van der Waals surface area (Å²) in [6.45, 7) is 0. The second-order valence-corrected chi connectivity index (χ2v) is 4.76. The zero-order valence-corrected chi connectivity index (χ0v) is 13.9. The predicted molar refractivity (Wildman–Crippen MR) is 94.2 cm³/mol. The number of nitrogens with zero attached hydrogens (tertiary/aromatic N) is 2. The van der Waals surface area contributed by atoms with Crippen molar-refractivity contribution in [1.29, 1.82) is 0 Å². The number of benzene rings is 2. The maximum Gasteiger partial charge on any atom is 0.323 e. The van der Waals surface area contributed by atoms with Crippen molar-refractivity contribution in [1.82, 2.24) is 0 Å². The van der Waals surface area contributed by atoms with Crippen LogP contribution in [0.2, 0.25) is 0 Å². The Balaban J connectivity index is 2.16. The molecule has 0 aliphatic rings. The van der Waals surface area contributed by atoms with Gasteiger partial charge in [0.25, 0.3) is 0 Å². The largest absolute Gasteiger partial charge is 0.494 e. The number of hydrogen-bond acceptors (Lipinski definition) is 7. The molecule has 0 saturated carbocycles. The Morgan fingerprint density at radius 1 is 0.846 bits per heavy atom. The summed E-state index contributed by atoms with van der Waals surface area (Å²) in [5.41, 5.74) is 1.23. The van der Waals surface area contributed by atoms with Gasteiger partial charge in [-0.05, 0) is 36.4 Å². The molecule has 0 atom stereocenters. The number of carbonyl (C=O) groups is 1. The van der Waals surface area contributed by atoms with E-state index < -0.39 is 6.03 Å². The number of ether oxygens (including phenoxy) is 2. The number of methoxy groups -OCH3 is 2. The summed E-state index contributed by atoms with van der Waals surface area (Å²) >= 11 is 0. The van der Waals surface area contributed by atoms with Crippen molar-refractivity contribution in [3.63, 3.8) is 0 Å². The maximum atomic E-state index is 12.1. The van der Waals surface area contributed by atoms with Gasteiger partial charge in [0.1, 0.15) is 22.9 Å². The third-order valence-corrected chi connectivity index (χ3v) is 3.21. The van der Waals surface area contributed by atoms with Crippen molar-refractivity contribution in [2.45, 2.75) is 0 Å². The molecule has 2 N–H and O–H groups in total. The highest BCUT2D eigenvalue weighted by atomic mass is 16.5. The molecule has 0 unspecified atom stereocenters. The van der Waals surface area contributed by atoms with E-state index in [-0.39, 0.29) is 11.4 Å². The molecule has 0 radical (unpaired) electrons. The van der Waals surface area contributed by atoms with Crippen molar-refractivity contribution in [3.05, 3.63) is 36.4 Å². The third kappa shape index (κ3) is 4.55. The van der Waals surface area contributed by atoms with Crippen molar-refractivity contribution in [3.8, 4) is 11.5 Å². The molecule has 2 amide bonds. The molecule has 0 aliphatic heterocycles. The van der Waals surface area contributed by atoms with Crippen LogP contribution >= 0.6 is 0 Å². The average molecular weight is 354 g/mol. The molecule has 0 aromatic heterocycles. The van der Waals surface area contributed by atoms with E-state index >= 15 is 0 Å². The van der Waals surface area contributed by atoms with Crippen LogP contribution in [0.25, 0.3) is 0 Å². The van der Waals surface area contributed by atoms with E-state index in [9.17, 15) is 14.4 Å². The summed E-state index contributed by atoms with van der Waals surface area (Å²) in [6, 6.07) is 8.63. The topological polar surface area (TPSA) is 118 Å². The fourth-order valence-electron chi connectivity index (χ4n) is 2.10. The molecule has 2 aromatic carbocycles. The van der Waals surface area contributed by atoms with Gasteiger partial charge in [0.05, 0.1) is 14.2 Å². The number of aliphatic imine (C=N–C) groups is 2. The van der Waals surface area contributed by atoms with E-state index in [4.69, 9.17) is 9.47 Å². The zero-order valence-electron chi connectivity index (χ0n) is 13.9. The second kappa shape index (κ2) is 8.79. The minimum atomic E-state index is -0.553. The number of amides is 2. The lowest BCUT2D eigenvalue weighted by Crippen LogP contribution is -2.19. The Labute approximate surface area is 148 Å². The Kier molecular flexibility index (Phi) is 6.23. The van der Waals surface area contributed by atoms with Crippen LogP contribution in [0.3, 0.4) is 0 Å². The van der Waals surface area contributed by atoms with Crippen LogP contribution < -0.4 is 20.1 Å². The third-order valence-electron chi connectivity index (χ3n) is 3.21. The molecule has 0 saturated heterocycles. The lowest BCUT2D eigenvalue weighted by atomic mass is 10.2. The van der Waals surface area contributed by atoms with E-state index in [1.807, 2.05) is 0 Å². The zero-order chi connectivity index (χ0) is 18.9. The molecule has 0 bridgehead atoms. The van der Waals surface area contributed by atoms with E-state index in [0.717, 1.165) is 0 Å². The summed E-state index contributed by atoms with van der Waals surface area (Å²) in [5, 5.41) is 5.17. The van der Waals surface area contributed by atoms with Crippen LogP contribution in [-0.2, 0) is 9.59 Å². The van der Waals surface area contributed by atoms with Gasteiger partial charge in [-0.2, -0.15) is 9.98 Å². The van der Waals surface area contributed by atoms with Gasteiger partial charge < -0.3 is 20.1 Å². The van der Waals surface area contributed by atoms with E-state index in [0.29, 0.717) is 22.9 Å². The standard InChI is InChI=1S/C17H14N4O5/c1-25-15-5-3-11(7-13(15)18-9-22)20-17(24)21-12-4-6-16(26-2)14(8-12)19-10-23/h3-8H,1-2H3,(H2,20,21,24). The minimum Gasteiger partial charge on any atom is -0.494 e. The molecule has 0 fully saturated rings. The Hall–Kier alpha value is -3.93. The summed E-state index contributed by atoms with van der Waals surface area (Å²) in [6.07, 6.45) is 2.84. The smallest absolute Gasteiger partial charge is 0.323 e. The van der Waals surface area contributed by atoms with Gasteiger partial charge in [-0.1, -0.05) is 0 Å². The number of hydrogen-bond donors (Lipinski definition) is 2. The molecule has 0 aliphatic carbocycles. The lowest BCUT2D eigenvalue weighted by molar-refractivity contribution is 0.262. The van der Waals surface area contributed by atoms with Crippen LogP contribution in [0, 0.1) is 0 Å². The summed E-state index contributed by atoms with van der Waals surface area (Å²) in [5.74, 6) is 0.733. The number of isocyanates is 2. The normalized spacial score (nSPS) is 9.31. The molecule has 9 nitrogen and oxygen atoms in total. The van der Waals surface area contributed by atoms with Crippen molar-refractivity contribution >= 4 is 40.9 Å². The number of urea groups is 1. The molecule has 2 rings (SSSR count). The highest BCUT2D eigenvalue weighted by Gasteiger charge is 2.09. The second-order valence-electron chi connectivity index (χ2n) is 4.76. The first-order valence-electron chi connectivity index (χ1n) is 7.21. The van der Waals surface area contributed by atoms with Crippen LogP contribution in [0.4, 0.5) is 27.5 Å². The van der Waals surface area contributed by atoms with E-state index in [1.165, 1.54) is 38.5 Å². The van der Waals surface area contributed by atoms with Gasteiger partial charge >= 0.3 is 6.03 Å². The number of nitrogens with one attached hydrogen (secondary N) is 2. The lowest BCUT2D eigenvalue weighted by Gasteiger charge is -2.11. The monoisotopic (exact) mass is 354 g/mol. The summed E-state index contributed by atoms with van der Waals surface area (Å²) < 4.78 is 10.1.